The van der Waals surface area contributed by atoms with Crippen molar-refractivity contribution in [2.24, 2.45) is 0 Å². The van der Waals surface area contributed by atoms with Crippen molar-refractivity contribution < 1.29 is 22.5 Å². The molecule has 1 atom stereocenters. The van der Waals surface area contributed by atoms with Gasteiger partial charge in [0.2, 0.25) is 11.7 Å². The van der Waals surface area contributed by atoms with Gasteiger partial charge in [-0.25, -0.2) is 0 Å². The molecule has 122 valence electrons. The summed E-state index contributed by atoms with van der Waals surface area (Å²) >= 11 is 0. The van der Waals surface area contributed by atoms with Gasteiger partial charge in [-0.05, 0) is 12.5 Å². The third kappa shape index (κ3) is 3.25. The Bertz CT molecular complexity index is 796. The van der Waals surface area contributed by atoms with E-state index in [0.29, 0.717) is 19.4 Å². The van der Waals surface area contributed by atoms with Crippen molar-refractivity contribution in [3.8, 4) is 11.4 Å². The highest BCUT2D eigenvalue weighted by molar-refractivity contribution is 5.78. The maximum atomic E-state index is 12.4. The molecule has 0 aromatic carbocycles. The highest BCUT2D eigenvalue weighted by atomic mass is 19.4. The van der Waals surface area contributed by atoms with Gasteiger partial charge in [-0.3, -0.25) is 9.59 Å². The number of nitrogens with zero attached hydrogens (tertiary/aromatic N) is 3. The normalized spacial score (nSPS) is 18.2. The van der Waals surface area contributed by atoms with Gasteiger partial charge in [-0.15, -0.1) is 0 Å². The molecule has 1 N–H and O–H groups in total. The van der Waals surface area contributed by atoms with Crippen LogP contribution < -0.4 is 10.9 Å². The fourth-order valence-corrected chi connectivity index (χ4v) is 2.31. The average Bonchev–Trinajstić information content (AvgIpc) is 3.10. The first-order valence-electron chi connectivity index (χ1n) is 6.74. The number of carbonyl (C=O) groups excluding carboxylic acids is 1. The predicted octanol–water partition coefficient (Wildman–Crippen LogP) is 1.20. The van der Waals surface area contributed by atoms with Crippen LogP contribution in [0.1, 0.15) is 18.7 Å². The van der Waals surface area contributed by atoms with Gasteiger partial charge in [0.05, 0.1) is 0 Å². The van der Waals surface area contributed by atoms with Crippen LogP contribution in [0, 0.1) is 0 Å². The van der Waals surface area contributed by atoms with E-state index in [2.05, 4.69) is 20.0 Å². The Kier molecular flexibility index (Phi) is 3.66. The van der Waals surface area contributed by atoms with E-state index in [4.69, 9.17) is 0 Å². The number of rotatable bonds is 3. The number of carbonyl (C=O) groups is 1. The summed E-state index contributed by atoms with van der Waals surface area (Å²) in [5.74, 6) is -1.84. The molecule has 2 aromatic rings. The number of hydrogen-bond donors (Lipinski definition) is 1. The molecule has 10 heteroatoms. The van der Waals surface area contributed by atoms with Gasteiger partial charge < -0.3 is 14.4 Å². The second-order valence-electron chi connectivity index (χ2n) is 5.13. The standard InChI is InChI=1S/C13H11F3N4O3/c14-13(15,16)12-18-11(19-23-12)7-3-4-20(10(22)5-7)6-8-1-2-9(21)17-8/h3-5,8H,1-2,6H2,(H,17,21). The molecule has 2 aromatic heterocycles. The van der Waals surface area contributed by atoms with Crippen LogP contribution in [0.4, 0.5) is 13.2 Å². The van der Waals surface area contributed by atoms with Crippen molar-refractivity contribution in [1.82, 2.24) is 20.0 Å². The van der Waals surface area contributed by atoms with Crippen LogP contribution in [-0.4, -0.2) is 26.7 Å². The summed E-state index contributed by atoms with van der Waals surface area (Å²) in [7, 11) is 0. The molecule has 7 nitrogen and oxygen atoms in total. The molecule has 0 bridgehead atoms. The lowest BCUT2D eigenvalue weighted by Gasteiger charge is -2.12. The minimum absolute atomic E-state index is 0.0638. The smallest absolute Gasteiger partial charge is 0.352 e. The number of nitrogens with one attached hydrogen (secondary N) is 1. The Morgan fingerprint density at radius 1 is 1.39 bits per heavy atom. The Hall–Kier alpha value is -2.65. The molecule has 1 saturated heterocycles. The zero-order valence-corrected chi connectivity index (χ0v) is 11.6. The molecule has 1 fully saturated rings. The molecule has 1 aliphatic heterocycles. The van der Waals surface area contributed by atoms with Crippen LogP contribution in [-0.2, 0) is 17.5 Å². The summed E-state index contributed by atoms with van der Waals surface area (Å²) in [6.45, 7) is 0.297. The summed E-state index contributed by atoms with van der Waals surface area (Å²) in [4.78, 5) is 26.4. The summed E-state index contributed by atoms with van der Waals surface area (Å²) < 4.78 is 42.8. The second-order valence-corrected chi connectivity index (χ2v) is 5.13. The highest BCUT2D eigenvalue weighted by Gasteiger charge is 2.38. The van der Waals surface area contributed by atoms with Crippen molar-refractivity contribution in [3.05, 3.63) is 34.6 Å². The van der Waals surface area contributed by atoms with Gasteiger partial charge in [-0.2, -0.15) is 18.2 Å². The minimum atomic E-state index is -4.74. The highest BCUT2D eigenvalue weighted by Crippen LogP contribution is 2.29. The SMILES string of the molecule is O=C1CCC(Cn2ccc(-c3noc(C(F)(F)F)n3)cc2=O)N1. The zero-order chi connectivity index (χ0) is 16.6. The molecule has 1 aliphatic rings. The van der Waals surface area contributed by atoms with Crippen LogP contribution in [0.2, 0.25) is 0 Å². The molecule has 0 spiro atoms. The molecule has 0 aliphatic carbocycles. The van der Waals surface area contributed by atoms with Gasteiger partial charge in [0.25, 0.3) is 5.56 Å². The molecule has 3 heterocycles. The maximum absolute atomic E-state index is 12.4. The lowest BCUT2D eigenvalue weighted by Crippen LogP contribution is -2.33. The fraction of sp³-hybridized carbons (Fsp3) is 0.385. The van der Waals surface area contributed by atoms with E-state index in [1.807, 2.05) is 0 Å². The van der Waals surface area contributed by atoms with Gasteiger partial charge in [0.15, 0.2) is 0 Å². The Morgan fingerprint density at radius 3 is 2.74 bits per heavy atom. The number of amides is 1. The van der Waals surface area contributed by atoms with Crippen LogP contribution in [0.15, 0.2) is 27.6 Å². The van der Waals surface area contributed by atoms with Crippen molar-refractivity contribution >= 4 is 5.91 Å². The first-order valence-corrected chi connectivity index (χ1v) is 6.74. The number of halogens is 3. The molecular formula is C13H11F3N4O3. The molecule has 23 heavy (non-hydrogen) atoms. The van der Waals surface area contributed by atoms with E-state index in [0.717, 1.165) is 6.07 Å². The average molecular weight is 328 g/mol. The number of hydrogen-bond acceptors (Lipinski definition) is 5. The minimum Gasteiger partial charge on any atom is -0.352 e. The molecular weight excluding hydrogens is 317 g/mol. The second kappa shape index (κ2) is 5.52. The number of pyridine rings is 1. The predicted molar refractivity (Wildman–Crippen MR) is 70.2 cm³/mol. The van der Waals surface area contributed by atoms with Gasteiger partial charge in [0.1, 0.15) is 0 Å². The van der Waals surface area contributed by atoms with Crippen molar-refractivity contribution in [2.75, 3.05) is 0 Å². The Morgan fingerprint density at radius 2 is 2.17 bits per heavy atom. The first kappa shape index (κ1) is 15.3. The number of alkyl halides is 3. The van der Waals surface area contributed by atoms with Crippen LogP contribution in [0.3, 0.4) is 0 Å². The molecule has 1 unspecified atom stereocenters. The molecule has 1 amide bonds. The lowest BCUT2D eigenvalue weighted by molar-refractivity contribution is -0.159. The van der Waals surface area contributed by atoms with Crippen molar-refractivity contribution in [2.45, 2.75) is 31.6 Å². The van der Waals surface area contributed by atoms with Gasteiger partial charge in [0, 0.05) is 36.8 Å². The molecule has 0 saturated carbocycles. The van der Waals surface area contributed by atoms with Crippen LogP contribution in [0.5, 0.6) is 0 Å². The topological polar surface area (TPSA) is 90.0 Å². The van der Waals surface area contributed by atoms with Crippen LogP contribution >= 0.6 is 0 Å². The summed E-state index contributed by atoms with van der Waals surface area (Å²) in [5, 5.41) is 5.96. The van der Waals surface area contributed by atoms with E-state index >= 15 is 0 Å². The van der Waals surface area contributed by atoms with E-state index in [1.165, 1.54) is 16.8 Å². The number of aromatic nitrogens is 3. The zero-order valence-electron chi connectivity index (χ0n) is 11.6. The molecule has 3 rings (SSSR count). The third-order valence-corrected chi connectivity index (χ3v) is 3.42. The van der Waals surface area contributed by atoms with Crippen LogP contribution in [0.25, 0.3) is 11.4 Å². The van der Waals surface area contributed by atoms with E-state index in [-0.39, 0.29) is 23.3 Å². The summed E-state index contributed by atoms with van der Waals surface area (Å²) in [5.41, 5.74) is -0.303. The summed E-state index contributed by atoms with van der Waals surface area (Å²) in [6.07, 6.45) is -2.26. The van der Waals surface area contributed by atoms with Crippen molar-refractivity contribution in [1.29, 1.82) is 0 Å². The lowest BCUT2D eigenvalue weighted by atomic mass is 10.2. The van der Waals surface area contributed by atoms with Gasteiger partial charge >= 0.3 is 12.1 Å². The van der Waals surface area contributed by atoms with Crippen molar-refractivity contribution in [3.63, 3.8) is 0 Å². The maximum Gasteiger partial charge on any atom is 0.471 e. The van der Waals surface area contributed by atoms with Gasteiger partial charge in [-0.1, -0.05) is 5.16 Å². The monoisotopic (exact) mass is 328 g/mol. The summed E-state index contributed by atoms with van der Waals surface area (Å²) in [6, 6.07) is 2.42. The first-order chi connectivity index (χ1) is 10.8. The van der Waals surface area contributed by atoms with E-state index in [9.17, 15) is 22.8 Å². The van der Waals surface area contributed by atoms with E-state index in [1.54, 1.807) is 0 Å². The van der Waals surface area contributed by atoms with E-state index < -0.39 is 17.6 Å². The third-order valence-electron chi connectivity index (χ3n) is 3.42. The Labute approximate surface area is 127 Å². The Balaban J connectivity index is 1.80. The fourth-order valence-electron chi connectivity index (χ4n) is 2.31. The molecule has 0 radical (unpaired) electrons. The largest absolute Gasteiger partial charge is 0.471 e. The quantitative estimate of drug-likeness (QED) is 0.914.